The van der Waals surface area contributed by atoms with Gasteiger partial charge in [0.15, 0.2) is 0 Å². The highest BCUT2D eigenvalue weighted by Crippen LogP contribution is 2.32. The van der Waals surface area contributed by atoms with Crippen LogP contribution >= 0.6 is 0 Å². The first kappa shape index (κ1) is 31.3. The van der Waals surface area contributed by atoms with E-state index in [1.54, 1.807) is 9.80 Å². The molecule has 236 valence electrons. The summed E-state index contributed by atoms with van der Waals surface area (Å²) in [6.45, 7) is 9.17. The topological polar surface area (TPSA) is 124 Å². The summed E-state index contributed by atoms with van der Waals surface area (Å²) in [5, 5.41) is 9.74. The van der Waals surface area contributed by atoms with E-state index < -0.39 is 11.7 Å². The SMILES string of the molecule is CN1CCC[C@H]1COc1nc2c(c(N3CCN(C(=O)OCc4ccccc4)CC3CC#N)n1)CCN(C(=O)OC(C)(C)C)C2. The number of aromatic nitrogens is 2. The van der Waals surface area contributed by atoms with Gasteiger partial charge in [0.1, 0.15) is 24.6 Å². The Balaban J connectivity index is 1.36. The van der Waals surface area contributed by atoms with Crippen LogP contribution in [-0.2, 0) is 29.0 Å². The Bertz CT molecular complexity index is 1360. The number of anilines is 1. The van der Waals surface area contributed by atoms with Crippen molar-refractivity contribution >= 4 is 18.0 Å². The van der Waals surface area contributed by atoms with Crippen LogP contribution in [0.2, 0.25) is 0 Å². The summed E-state index contributed by atoms with van der Waals surface area (Å²) < 4.78 is 17.4. The molecule has 2 aromatic rings. The molecule has 0 radical (unpaired) electrons. The van der Waals surface area contributed by atoms with Crippen LogP contribution in [0.4, 0.5) is 15.4 Å². The summed E-state index contributed by atoms with van der Waals surface area (Å²) in [4.78, 5) is 43.3. The summed E-state index contributed by atoms with van der Waals surface area (Å²) in [7, 11) is 2.09. The van der Waals surface area contributed by atoms with Gasteiger partial charge in [0.2, 0.25) is 0 Å². The lowest BCUT2D eigenvalue weighted by atomic mass is 10.0. The Morgan fingerprint density at radius 2 is 1.82 bits per heavy atom. The maximum absolute atomic E-state index is 13.0. The van der Waals surface area contributed by atoms with Crippen molar-refractivity contribution in [1.29, 1.82) is 5.26 Å². The molecule has 12 heteroatoms. The monoisotopic (exact) mass is 605 g/mol. The maximum Gasteiger partial charge on any atom is 0.410 e. The van der Waals surface area contributed by atoms with E-state index in [4.69, 9.17) is 24.2 Å². The first-order valence-corrected chi connectivity index (χ1v) is 15.4. The molecule has 2 atom stereocenters. The number of likely N-dealkylation sites (tertiary alicyclic amines) is 1. The van der Waals surface area contributed by atoms with E-state index in [2.05, 4.69) is 22.9 Å². The highest BCUT2D eigenvalue weighted by Gasteiger charge is 2.36. The van der Waals surface area contributed by atoms with Crippen molar-refractivity contribution in [3.63, 3.8) is 0 Å². The van der Waals surface area contributed by atoms with Gasteiger partial charge in [-0.15, -0.1) is 0 Å². The van der Waals surface area contributed by atoms with Crippen molar-refractivity contribution in [2.75, 3.05) is 51.3 Å². The molecule has 1 unspecified atom stereocenters. The molecule has 1 aromatic carbocycles. The van der Waals surface area contributed by atoms with Crippen LogP contribution in [0.3, 0.4) is 0 Å². The molecule has 5 rings (SSSR count). The van der Waals surface area contributed by atoms with Gasteiger partial charge in [-0.25, -0.2) is 9.59 Å². The number of amides is 2. The summed E-state index contributed by atoms with van der Waals surface area (Å²) in [5.41, 5.74) is 1.94. The van der Waals surface area contributed by atoms with Gasteiger partial charge in [-0.1, -0.05) is 30.3 Å². The third-order valence-corrected chi connectivity index (χ3v) is 8.30. The lowest BCUT2D eigenvalue weighted by Crippen LogP contribution is -2.55. The number of piperazine rings is 1. The Labute approximate surface area is 259 Å². The molecule has 1 aromatic heterocycles. The average Bonchev–Trinajstić information content (AvgIpc) is 3.42. The molecule has 2 saturated heterocycles. The van der Waals surface area contributed by atoms with Crippen LogP contribution in [0.15, 0.2) is 30.3 Å². The zero-order valence-electron chi connectivity index (χ0n) is 26.2. The molecule has 0 bridgehead atoms. The number of hydrogen-bond acceptors (Lipinski definition) is 10. The summed E-state index contributed by atoms with van der Waals surface area (Å²) in [6, 6.07) is 12.1. The number of fused-ring (bicyclic) bond motifs is 1. The van der Waals surface area contributed by atoms with Crippen molar-refractivity contribution in [2.45, 2.75) is 77.3 Å². The van der Waals surface area contributed by atoms with Gasteiger partial charge in [0, 0.05) is 37.8 Å². The van der Waals surface area contributed by atoms with Gasteiger partial charge in [-0.2, -0.15) is 15.2 Å². The predicted octanol–water partition coefficient (Wildman–Crippen LogP) is 3.98. The van der Waals surface area contributed by atoms with Crippen molar-refractivity contribution < 1.29 is 23.8 Å². The number of ether oxygens (including phenoxy) is 3. The maximum atomic E-state index is 13.0. The van der Waals surface area contributed by atoms with E-state index in [0.29, 0.717) is 50.7 Å². The number of nitrogens with zero attached hydrogens (tertiary/aromatic N) is 7. The fourth-order valence-electron chi connectivity index (χ4n) is 5.92. The standard InChI is InChI=1S/C32H43N7O5/c1-32(2,3)44-31(41)37-16-13-26-27(20-37)34-29(42-22-25-11-8-15-36(25)4)35-28(26)39-18-17-38(19-24(39)12-14-33)30(40)43-21-23-9-6-5-7-10-23/h5-7,9-10,24-25H,8,11-13,15-22H2,1-4H3/t24?,25-/m0/s1. The van der Waals surface area contributed by atoms with Crippen molar-refractivity contribution in [2.24, 2.45) is 0 Å². The number of carbonyl (C=O) groups is 2. The molecule has 3 aliphatic rings. The van der Waals surface area contributed by atoms with Gasteiger partial charge in [-0.3, -0.25) is 0 Å². The van der Waals surface area contributed by atoms with E-state index in [1.165, 1.54) is 0 Å². The van der Waals surface area contributed by atoms with Crippen LogP contribution in [0, 0.1) is 11.3 Å². The molecule has 0 spiro atoms. The molecule has 2 amide bonds. The first-order chi connectivity index (χ1) is 21.1. The van der Waals surface area contributed by atoms with Crippen molar-refractivity contribution in [3.05, 3.63) is 47.2 Å². The van der Waals surface area contributed by atoms with Crippen LogP contribution < -0.4 is 9.64 Å². The molecule has 0 N–H and O–H groups in total. The molecule has 2 fully saturated rings. The van der Waals surface area contributed by atoms with Gasteiger partial charge >= 0.3 is 18.2 Å². The Morgan fingerprint density at radius 3 is 2.52 bits per heavy atom. The lowest BCUT2D eigenvalue weighted by molar-refractivity contribution is 0.0220. The summed E-state index contributed by atoms with van der Waals surface area (Å²) in [5.74, 6) is 0.700. The zero-order chi connectivity index (χ0) is 31.3. The van der Waals surface area contributed by atoms with E-state index in [0.717, 1.165) is 30.5 Å². The highest BCUT2D eigenvalue weighted by molar-refractivity contribution is 5.70. The first-order valence-electron chi connectivity index (χ1n) is 15.4. The highest BCUT2D eigenvalue weighted by atomic mass is 16.6. The molecule has 3 aliphatic heterocycles. The zero-order valence-corrected chi connectivity index (χ0v) is 26.2. The minimum absolute atomic E-state index is 0.188. The number of rotatable bonds is 7. The van der Waals surface area contributed by atoms with E-state index in [-0.39, 0.29) is 43.8 Å². The fraction of sp³-hybridized carbons (Fsp3) is 0.594. The normalized spacial score (nSPS) is 20.6. The Kier molecular flexibility index (Phi) is 9.74. The number of benzene rings is 1. The van der Waals surface area contributed by atoms with Crippen LogP contribution in [0.25, 0.3) is 0 Å². The molecular formula is C32H43N7O5. The van der Waals surface area contributed by atoms with E-state index in [1.807, 2.05) is 51.1 Å². The molecule has 4 heterocycles. The molecule has 44 heavy (non-hydrogen) atoms. The third kappa shape index (κ3) is 7.69. The van der Waals surface area contributed by atoms with Gasteiger partial charge in [-0.05, 0) is 59.2 Å². The number of nitriles is 1. The van der Waals surface area contributed by atoms with Gasteiger partial charge < -0.3 is 33.8 Å². The lowest BCUT2D eigenvalue weighted by Gasteiger charge is -2.42. The Hall–Kier alpha value is -4.11. The summed E-state index contributed by atoms with van der Waals surface area (Å²) in [6.07, 6.45) is 2.12. The average molecular weight is 606 g/mol. The fourth-order valence-corrected chi connectivity index (χ4v) is 5.92. The number of carbonyl (C=O) groups excluding carboxylic acids is 2. The number of likely N-dealkylation sites (N-methyl/N-ethyl adjacent to an activating group) is 1. The predicted molar refractivity (Wildman–Crippen MR) is 163 cm³/mol. The smallest absolute Gasteiger partial charge is 0.410 e. The molecule has 0 saturated carbocycles. The second-order valence-electron chi connectivity index (χ2n) is 12.7. The van der Waals surface area contributed by atoms with E-state index >= 15 is 0 Å². The third-order valence-electron chi connectivity index (χ3n) is 8.30. The quantitative estimate of drug-likeness (QED) is 0.458. The largest absolute Gasteiger partial charge is 0.462 e. The van der Waals surface area contributed by atoms with Crippen molar-refractivity contribution in [1.82, 2.24) is 24.7 Å². The van der Waals surface area contributed by atoms with Crippen molar-refractivity contribution in [3.8, 4) is 12.1 Å². The van der Waals surface area contributed by atoms with Crippen LogP contribution in [-0.4, -0.2) is 101 Å². The second kappa shape index (κ2) is 13.7. The van der Waals surface area contributed by atoms with Crippen LogP contribution in [0.5, 0.6) is 6.01 Å². The number of hydrogen-bond donors (Lipinski definition) is 0. The van der Waals surface area contributed by atoms with Gasteiger partial charge in [0.25, 0.3) is 0 Å². The summed E-state index contributed by atoms with van der Waals surface area (Å²) >= 11 is 0. The molecule has 12 nitrogen and oxygen atoms in total. The molecular weight excluding hydrogens is 562 g/mol. The van der Waals surface area contributed by atoms with Crippen LogP contribution in [0.1, 0.15) is 56.9 Å². The molecule has 0 aliphatic carbocycles. The minimum atomic E-state index is -0.609. The minimum Gasteiger partial charge on any atom is -0.462 e. The Morgan fingerprint density at radius 1 is 1.02 bits per heavy atom. The van der Waals surface area contributed by atoms with E-state index in [9.17, 15) is 14.9 Å². The second-order valence-corrected chi connectivity index (χ2v) is 12.7. The van der Waals surface area contributed by atoms with Gasteiger partial charge in [0.05, 0.1) is 30.8 Å².